The van der Waals surface area contributed by atoms with E-state index in [1.54, 1.807) is 11.0 Å². The van der Waals surface area contributed by atoms with Crippen molar-refractivity contribution in [1.29, 1.82) is 0 Å². The number of carbonyl (C=O) groups is 2. The van der Waals surface area contributed by atoms with Crippen molar-refractivity contribution in [2.75, 3.05) is 26.2 Å². The molecule has 1 atom stereocenters. The van der Waals surface area contributed by atoms with Crippen molar-refractivity contribution < 1.29 is 14.3 Å². The van der Waals surface area contributed by atoms with Gasteiger partial charge in [-0.2, -0.15) is 5.10 Å². The van der Waals surface area contributed by atoms with Crippen LogP contribution in [0, 0.1) is 5.92 Å². The lowest BCUT2D eigenvalue weighted by Crippen LogP contribution is -2.43. The number of ether oxygens (including phenoxy) is 1. The fourth-order valence-electron chi connectivity index (χ4n) is 3.73. The molecule has 0 aliphatic carbocycles. The van der Waals surface area contributed by atoms with E-state index in [1.807, 2.05) is 38.1 Å². The van der Waals surface area contributed by atoms with E-state index >= 15 is 0 Å². The van der Waals surface area contributed by atoms with Crippen molar-refractivity contribution in [1.82, 2.24) is 25.0 Å². The Morgan fingerprint density at radius 1 is 1.21 bits per heavy atom. The first-order valence-electron chi connectivity index (χ1n) is 11.0. The summed E-state index contributed by atoms with van der Waals surface area (Å²) in [5, 5.41) is 7.80. The Morgan fingerprint density at radius 2 is 2.00 bits per heavy atom. The smallest absolute Gasteiger partial charge is 0.274 e. The monoisotopic (exact) mass is 449 g/mol. The molecule has 1 unspecified atom stereocenters. The number of nitrogens with zero attached hydrogens (tertiary/aromatic N) is 4. The minimum atomic E-state index is -0.489. The Kier molecular flexibility index (Phi) is 6.50. The van der Waals surface area contributed by atoms with Gasteiger partial charge in [-0.15, -0.1) is 0 Å². The predicted octanol–water partition coefficient (Wildman–Crippen LogP) is 1.93. The highest BCUT2D eigenvalue weighted by atomic mass is 16.5. The molecule has 1 aliphatic heterocycles. The van der Waals surface area contributed by atoms with Crippen LogP contribution in [0.3, 0.4) is 0 Å². The highest BCUT2D eigenvalue weighted by Crippen LogP contribution is 2.26. The first-order chi connectivity index (χ1) is 15.8. The number of amides is 2. The number of aromatic nitrogens is 3. The van der Waals surface area contributed by atoms with Crippen LogP contribution in [0.25, 0.3) is 10.9 Å². The summed E-state index contributed by atoms with van der Waals surface area (Å²) in [6.07, 6.45) is -0.489. The predicted molar refractivity (Wildman–Crippen MR) is 123 cm³/mol. The van der Waals surface area contributed by atoms with Crippen LogP contribution < -0.4 is 10.9 Å². The van der Waals surface area contributed by atoms with Gasteiger partial charge in [-0.05, 0) is 24.1 Å². The first-order valence-corrected chi connectivity index (χ1v) is 11.0. The number of para-hydroxylation sites is 1. The standard InChI is InChI=1S/C24H27N5O4/c1-15(2)13-25-23(31)17-12-20(26-18-7-5-4-6-16(17)18)21-14-29(10-11-33-21)24(32)19-8-9-22(30)28(3)27-19/h4-9,12,15,21H,10-11,13-14H2,1-3H3,(H,25,31). The summed E-state index contributed by atoms with van der Waals surface area (Å²) < 4.78 is 7.08. The molecule has 3 heterocycles. The van der Waals surface area contributed by atoms with E-state index in [2.05, 4.69) is 10.4 Å². The van der Waals surface area contributed by atoms with Crippen molar-refractivity contribution in [3.05, 3.63) is 69.8 Å². The van der Waals surface area contributed by atoms with E-state index in [9.17, 15) is 14.4 Å². The van der Waals surface area contributed by atoms with Crippen molar-refractivity contribution in [2.45, 2.75) is 20.0 Å². The second-order valence-corrected chi connectivity index (χ2v) is 8.51. The van der Waals surface area contributed by atoms with Gasteiger partial charge in [0, 0.05) is 31.6 Å². The summed E-state index contributed by atoms with van der Waals surface area (Å²) in [5.74, 6) is -0.120. The molecule has 0 radical (unpaired) electrons. The number of nitrogens with one attached hydrogen (secondary N) is 1. The molecule has 1 aromatic carbocycles. The lowest BCUT2D eigenvalue weighted by molar-refractivity contribution is -0.0248. The molecule has 1 saturated heterocycles. The van der Waals surface area contributed by atoms with Gasteiger partial charge >= 0.3 is 0 Å². The van der Waals surface area contributed by atoms with Crippen LogP contribution in [0.15, 0.2) is 47.3 Å². The zero-order valence-electron chi connectivity index (χ0n) is 18.9. The third kappa shape index (κ3) is 4.93. The minimum absolute atomic E-state index is 0.165. The number of morpholine rings is 1. The molecule has 2 amide bonds. The molecule has 0 spiro atoms. The van der Waals surface area contributed by atoms with Gasteiger partial charge in [0.05, 0.1) is 29.9 Å². The van der Waals surface area contributed by atoms with Crippen LogP contribution in [-0.4, -0.2) is 57.7 Å². The molecule has 9 heteroatoms. The van der Waals surface area contributed by atoms with Crippen molar-refractivity contribution >= 4 is 22.7 Å². The van der Waals surface area contributed by atoms with Crippen LogP contribution in [0.4, 0.5) is 0 Å². The van der Waals surface area contributed by atoms with E-state index in [4.69, 9.17) is 9.72 Å². The molecule has 2 aromatic heterocycles. The van der Waals surface area contributed by atoms with Gasteiger partial charge < -0.3 is 15.0 Å². The van der Waals surface area contributed by atoms with Crippen molar-refractivity contribution in [2.24, 2.45) is 13.0 Å². The minimum Gasteiger partial charge on any atom is -0.368 e. The molecule has 0 saturated carbocycles. The number of hydrogen-bond acceptors (Lipinski definition) is 6. The van der Waals surface area contributed by atoms with Gasteiger partial charge in [0.1, 0.15) is 11.8 Å². The Morgan fingerprint density at radius 3 is 2.76 bits per heavy atom. The SMILES string of the molecule is CC(C)CNC(=O)c1cc(C2CN(C(=O)c3ccc(=O)n(C)n3)CCO2)nc2ccccc12. The summed E-state index contributed by atoms with van der Waals surface area (Å²) in [7, 11) is 1.51. The number of benzene rings is 1. The average Bonchev–Trinajstić information content (AvgIpc) is 2.83. The molecule has 1 N–H and O–H groups in total. The molecular formula is C24H27N5O4. The largest absolute Gasteiger partial charge is 0.368 e. The average molecular weight is 450 g/mol. The number of aryl methyl sites for hydroxylation is 1. The number of pyridine rings is 1. The van der Waals surface area contributed by atoms with Gasteiger partial charge in [-0.3, -0.25) is 14.4 Å². The van der Waals surface area contributed by atoms with Crippen LogP contribution in [0.2, 0.25) is 0 Å². The van der Waals surface area contributed by atoms with E-state index in [1.165, 1.54) is 19.2 Å². The number of fused-ring (bicyclic) bond motifs is 1. The second kappa shape index (κ2) is 9.50. The highest BCUT2D eigenvalue weighted by Gasteiger charge is 2.29. The number of carbonyl (C=O) groups excluding carboxylic acids is 2. The van der Waals surface area contributed by atoms with E-state index in [0.29, 0.717) is 42.4 Å². The normalized spacial score (nSPS) is 16.2. The maximum atomic E-state index is 13.0. The van der Waals surface area contributed by atoms with Crippen LogP contribution >= 0.6 is 0 Å². The Hall–Kier alpha value is -3.59. The number of hydrogen-bond donors (Lipinski definition) is 1. The maximum Gasteiger partial charge on any atom is 0.274 e. The highest BCUT2D eigenvalue weighted by molar-refractivity contribution is 6.06. The summed E-state index contributed by atoms with van der Waals surface area (Å²) in [5.41, 5.74) is 1.72. The van der Waals surface area contributed by atoms with Gasteiger partial charge in [-0.25, -0.2) is 9.67 Å². The molecule has 1 aliphatic rings. The summed E-state index contributed by atoms with van der Waals surface area (Å²) >= 11 is 0. The van der Waals surface area contributed by atoms with Gasteiger partial charge in [0.2, 0.25) is 0 Å². The third-order valence-corrected chi connectivity index (χ3v) is 5.51. The lowest BCUT2D eigenvalue weighted by atomic mass is 10.0. The summed E-state index contributed by atoms with van der Waals surface area (Å²) in [4.78, 5) is 43.9. The van der Waals surface area contributed by atoms with E-state index in [0.717, 1.165) is 10.1 Å². The van der Waals surface area contributed by atoms with Crippen LogP contribution in [0.1, 0.15) is 46.5 Å². The Labute approximate surface area is 191 Å². The molecular weight excluding hydrogens is 422 g/mol. The fraction of sp³-hybridized carbons (Fsp3) is 0.375. The molecule has 0 bridgehead atoms. The fourth-order valence-corrected chi connectivity index (χ4v) is 3.73. The van der Waals surface area contributed by atoms with Gasteiger partial charge in [0.25, 0.3) is 17.4 Å². The van der Waals surface area contributed by atoms with Crippen molar-refractivity contribution in [3.8, 4) is 0 Å². The van der Waals surface area contributed by atoms with E-state index in [-0.39, 0.29) is 29.6 Å². The molecule has 3 aromatic rings. The van der Waals surface area contributed by atoms with Crippen molar-refractivity contribution in [3.63, 3.8) is 0 Å². The van der Waals surface area contributed by atoms with Crippen LogP contribution in [0.5, 0.6) is 0 Å². The lowest BCUT2D eigenvalue weighted by Gasteiger charge is -2.32. The number of rotatable bonds is 5. The Balaban J connectivity index is 1.62. The van der Waals surface area contributed by atoms with Gasteiger partial charge in [-0.1, -0.05) is 32.0 Å². The maximum absolute atomic E-state index is 13.0. The third-order valence-electron chi connectivity index (χ3n) is 5.51. The zero-order valence-corrected chi connectivity index (χ0v) is 18.9. The first kappa shape index (κ1) is 22.6. The van der Waals surface area contributed by atoms with E-state index < -0.39 is 6.10 Å². The summed E-state index contributed by atoms with van der Waals surface area (Å²) in [6.45, 7) is 5.64. The molecule has 172 valence electrons. The molecule has 4 rings (SSSR count). The molecule has 9 nitrogen and oxygen atoms in total. The van der Waals surface area contributed by atoms with Gasteiger partial charge in [0.15, 0.2) is 0 Å². The topological polar surface area (TPSA) is 106 Å². The molecule has 33 heavy (non-hydrogen) atoms. The molecule has 1 fully saturated rings. The zero-order chi connectivity index (χ0) is 23.5. The Bertz CT molecular complexity index is 1250. The summed E-state index contributed by atoms with van der Waals surface area (Å²) in [6, 6.07) is 12.0. The second-order valence-electron chi connectivity index (χ2n) is 8.51. The van der Waals surface area contributed by atoms with Crippen LogP contribution in [-0.2, 0) is 11.8 Å². The quantitative estimate of drug-likeness (QED) is 0.638.